The van der Waals surface area contributed by atoms with Crippen LogP contribution in [0.25, 0.3) is 11.1 Å². The molecule has 0 saturated carbocycles. The summed E-state index contributed by atoms with van der Waals surface area (Å²) in [5, 5.41) is 0. The van der Waals surface area contributed by atoms with Gasteiger partial charge in [-0.25, -0.2) is 4.39 Å². The van der Waals surface area contributed by atoms with Crippen molar-refractivity contribution in [3.05, 3.63) is 95.8 Å². The Hall–Kier alpha value is -2.85. The number of hydrogen-bond acceptors (Lipinski definition) is 0. The maximum absolute atomic E-state index is 14.1. The van der Waals surface area contributed by atoms with Gasteiger partial charge in [0.05, 0.1) is 5.56 Å². The van der Waals surface area contributed by atoms with Crippen molar-refractivity contribution in [3.8, 4) is 23.0 Å². The molecule has 21 heavy (non-hydrogen) atoms. The molecule has 0 fully saturated rings. The molecule has 0 heterocycles. The number of rotatable bonds is 1. The summed E-state index contributed by atoms with van der Waals surface area (Å²) >= 11 is 0. The van der Waals surface area contributed by atoms with Gasteiger partial charge in [0.2, 0.25) is 0 Å². The van der Waals surface area contributed by atoms with Crippen LogP contribution in [0.5, 0.6) is 0 Å². The van der Waals surface area contributed by atoms with Gasteiger partial charge in [0.15, 0.2) is 0 Å². The van der Waals surface area contributed by atoms with E-state index >= 15 is 0 Å². The van der Waals surface area contributed by atoms with E-state index in [0.717, 1.165) is 16.7 Å². The molecule has 0 aliphatic heterocycles. The summed E-state index contributed by atoms with van der Waals surface area (Å²) in [6, 6.07) is 24.5. The molecule has 3 aromatic carbocycles. The standard InChI is InChI=1S/C20H13F/c21-20-15-19(17-9-5-2-6-10-17)14-13-18(20)12-11-16-7-3-1-4-8-16/h1-10,13-15H. The molecular weight excluding hydrogens is 259 g/mol. The van der Waals surface area contributed by atoms with Crippen LogP contribution in [-0.2, 0) is 0 Å². The summed E-state index contributed by atoms with van der Waals surface area (Å²) in [6.45, 7) is 0. The number of halogens is 1. The molecule has 0 amide bonds. The van der Waals surface area contributed by atoms with Crippen LogP contribution in [0.4, 0.5) is 4.39 Å². The van der Waals surface area contributed by atoms with Crippen molar-refractivity contribution < 1.29 is 4.39 Å². The largest absolute Gasteiger partial charge is 0.206 e. The smallest absolute Gasteiger partial charge is 0.139 e. The molecule has 0 aliphatic rings. The van der Waals surface area contributed by atoms with Gasteiger partial charge in [0.1, 0.15) is 5.82 Å². The Labute approximate surface area is 123 Å². The molecule has 0 spiro atoms. The lowest BCUT2D eigenvalue weighted by molar-refractivity contribution is 0.625. The van der Waals surface area contributed by atoms with Crippen LogP contribution in [0.3, 0.4) is 0 Å². The lowest BCUT2D eigenvalue weighted by atomic mass is 10.0. The quantitative estimate of drug-likeness (QED) is 0.553. The lowest BCUT2D eigenvalue weighted by Gasteiger charge is -2.02. The van der Waals surface area contributed by atoms with Crippen molar-refractivity contribution in [1.29, 1.82) is 0 Å². The minimum atomic E-state index is -0.292. The maximum atomic E-state index is 14.1. The van der Waals surface area contributed by atoms with Crippen LogP contribution in [-0.4, -0.2) is 0 Å². The first-order valence-electron chi connectivity index (χ1n) is 6.75. The predicted molar refractivity (Wildman–Crippen MR) is 84.3 cm³/mol. The van der Waals surface area contributed by atoms with E-state index in [-0.39, 0.29) is 5.82 Å². The van der Waals surface area contributed by atoms with Gasteiger partial charge in [-0.15, -0.1) is 0 Å². The van der Waals surface area contributed by atoms with Crippen molar-refractivity contribution >= 4 is 0 Å². The van der Waals surface area contributed by atoms with Crippen molar-refractivity contribution in [1.82, 2.24) is 0 Å². The fraction of sp³-hybridized carbons (Fsp3) is 0. The molecule has 0 aliphatic carbocycles. The monoisotopic (exact) mass is 272 g/mol. The van der Waals surface area contributed by atoms with Crippen LogP contribution in [0.15, 0.2) is 78.9 Å². The zero-order chi connectivity index (χ0) is 14.5. The molecule has 0 N–H and O–H groups in total. The second-order valence-electron chi connectivity index (χ2n) is 4.68. The molecule has 3 rings (SSSR count). The summed E-state index contributed by atoms with van der Waals surface area (Å²) in [5.41, 5.74) is 3.15. The molecule has 0 aromatic heterocycles. The van der Waals surface area contributed by atoms with Gasteiger partial charge in [-0.3, -0.25) is 0 Å². The van der Waals surface area contributed by atoms with E-state index in [1.165, 1.54) is 6.07 Å². The third kappa shape index (κ3) is 3.19. The molecule has 100 valence electrons. The highest BCUT2D eigenvalue weighted by Crippen LogP contribution is 2.21. The molecule has 0 nitrogen and oxygen atoms in total. The second-order valence-corrected chi connectivity index (χ2v) is 4.68. The van der Waals surface area contributed by atoms with E-state index in [4.69, 9.17) is 0 Å². The molecule has 1 heteroatoms. The number of hydrogen-bond donors (Lipinski definition) is 0. The fourth-order valence-electron chi connectivity index (χ4n) is 2.09. The Bertz CT molecular complexity index is 793. The van der Waals surface area contributed by atoms with Gasteiger partial charge in [-0.1, -0.05) is 66.4 Å². The van der Waals surface area contributed by atoms with E-state index in [9.17, 15) is 4.39 Å². The van der Waals surface area contributed by atoms with Crippen LogP contribution >= 0.6 is 0 Å². The van der Waals surface area contributed by atoms with E-state index in [2.05, 4.69) is 11.8 Å². The van der Waals surface area contributed by atoms with Crippen LogP contribution in [0.2, 0.25) is 0 Å². The predicted octanol–water partition coefficient (Wildman–Crippen LogP) is 4.89. The van der Waals surface area contributed by atoms with Crippen LogP contribution in [0.1, 0.15) is 11.1 Å². The third-order valence-corrected chi connectivity index (χ3v) is 3.19. The molecule has 0 atom stereocenters. The Morgan fingerprint density at radius 3 is 1.95 bits per heavy atom. The molecular formula is C20H13F. The third-order valence-electron chi connectivity index (χ3n) is 3.19. The van der Waals surface area contributed by atoms with Gasteiger partial charge >= 0.3 is 0 Å². The zero-order valence-corrected chi connectivity index (χ0v) is 11.4. The van der Waals surface area contributed by atoms with Crippen molar-refractivity contribution in [3.63, 3.8) is 0 Å². The molecule has 0 unspecified atom stereocenters. The molecule has 0 radical (unpaired) electrons. The Kier molecular flexibility index (Phi) is 3.80. The maximum Gasteiger partial charge on any atom is 0.139 e. The van der Waals surface area contributed by atoms with Gasteiger partial charge in [0, 0.05) is 5.56 Å². The lowest BCUT2D eigenvalue weighted by Crippen LogP contribution is -1.86. The molecule has 0 saturated heterocycles. The minimum Gasteiger partial charge on any atom is -0.206 e. The van der Waals surface area contributed by atoms with Crippen LogP contribution in [0, 0.1) is 17.7 Å². The Morgan fingerprint density at radius 2 is 1.29 bits per heavy atom. The first-order valence-corrected chi connectivity index (χ1v) is 6.75. The first kappa shape index (κ1) is 13.1. The highest BCUT2D eigenvalue weighted by molar-refractivity contribution is 5.64. The summed E-state index contributed by atoms with van der Waals surface area (Å²) in [4.78, 5) is 0. The average Bonchev–Trinajstić information content (AvgIpc) is 2.55. The minimum absolute atomic E-state index is 0.292. The first-order chi connectivity index (χ1) is 10.3. The number of benzene rings is 3. The Morgan fingerprint density at radius 1 is 0.619 bits per heavy atom. The summed E-state index contributed by atoms with van der Waals surface area (Å²) in [7, 11) is 0. The normalized spacial score (nSPS) is 9.76. The topological polar surface area (TPSA) is 0 Å². The summed E-state index contributed by atoms with van der Waals surface area (Å²) in [6.07, 6.45) is 0. The fourth-order valence-corrected chi connectivity index (χ4v) is 2.09. The van der Waals surface area contributed by atoms with Crippen molar-refractivity contribution in [2.75, 3.05) is 0 Å². The van der Waals surface area contributed by atoms with Crippen LogP contribution < -0.4 is 0 Å². The highest BCUT2D eigenvalue weighted by Gasteiger charge is 2.02. The van der Waals surface area contributed by atoms with Crippen molar-refractivity contribution in [2.24, 2.45) is 0 Å². The molecule has 3 aromatic rings. The highest BCUT2D eigenvalue weighted by atomic mass is 19.1. The van der Waals surface area contributed by atoms with E-state index in [1.807, 2.05) is 66.7 Å². The van der Waals surface area contributed by atoms with E-state index in [0.29, 0.717) is 5.56 Å². The van der Waals surface area contributed by atoms with E-state index < -0.39 is 0 Å². The van der Waals surface area contributed by atoms with Gasteiger partial charge in [-0.05, 0) is 35.4 Å². The van der Waals surface area contributed by atoms with Crippen molar-refractivity contribution in [2.45, 2.75) is 0 Å². The summed E-state index contributed by atoms with van der Waals surface area (Å²) in [5.74, 6) is 5.56. The average molecular weight is 272 g/mol. The van der Waals surface area contributed by atoms with Gasteiger partial charge < -0.3 is 0 Å². The summed E-state index contributed by atoms with van der Waals surface area (Å²) < 4.78 is 14.1. The zero-order valence-electron chi connectivity index (χ0n) is 11.4. The second kappa shape index (κ2) is 6.07. The van der Waals surface area contributed by atoms with Gasteiger partial charge in [0.25, 0.3) is 0 Å². The van der Waals surface area contributed by atoms with Gasteiger partial charge in [-0.2, -0.15) is 0 Å². The van der Waals surface area contributed by atoms with E-state index in [1.54, 1.807) is 6.07 Å². The molecule has 0 bridgehead atoms. The Balaban J connectivity index is 1.91. The SMILES string of the molecule is Fc1cc(-c2ccccc2)ccc1C#Cc1ccccc1.